The molecular formula is C21H30N4O3S. The lowest BCUT2D eigenvalue weighted by Crippen LogP contribution is -2.42. The normalized spacial score (nSPS) is 14.7. The van der Waals surface area contributed by atoms with Crippen molar-refractivity contribution in [3.05, 3.63) is 40.2 Å². The molecule has 1 aromatic heterocycles. The van der Waals surface area contributed by atoms with Gasteiger partial charge in [-0.05, 0) is 49.8 Å². The van der Waals surface area contributed by atoms with E-state index in [2.05, 4.69) is 20.1 Å². The lowest BCUT2D eigenvalue weighted by molar-refractivity contribution is 0.0367. The van der Waals surface area contributed by atoms with Crippen molar-refractivity contribution in [2.24, 2.45) is 0 Å². The number of nitrogens with one attached hydrogen (secondary N) is 2. The van der Waals surface area contributed by atoms with E-state index in [9.17, 15) is 4.79 Å². The maximum absolute atomic E-state index is 12.6. The number of aromatic nitrogens is 1. The second-order valence-electron chi connectivity index (χ2n) is 7.14. The Morgan fingerprint density at radius 1 is 1.34 bits per heavy atom. The van der Waals surface area contributed by atoms with E-state index in [1.54, 1.807) is 7.11 Å². The van der Waals surface area contributed by atoms with Crippen LogP contribution in [-0.2, 0) is 11.3 Å². The standard InChI is InChI=1S/C21H30N4O3S/c1-3-22-21(29)25(8-4-7-24-9-11-28-12-10-24)15-17-13-16-14-18(27-2)5-6-19(16)23-20(17)26/h5-6,13-14H,3-4,7-12,15H2,1-2H3,(H,22,29)(H,23,26). The zero-order valence-corrected chi connectivity index (χ0v) is 18.0. The first kappa shape index (κ1) is 21.5. The first-order valence-corrected chi connectivity index (χ1v) is 10.5. The highest BCUT2D eigenvalue weighted by molar-refractivity contribution is 7.80. The zero-order valence-electron chi connectivity index (χ0n) is 17.2. The number of rotatable bonds is 8. The second-order valence-corrected chi connectivity index (χ2v) is 7.53. The predicted octanol–water partition coefficient (Wildman–Crippen LogP) is 1.96. The Kier molecular flexibility index (Phi) is 7.85. The van der Waals surface area contributed by atoms with Gasteiger partial charge in [-0.3, -0.25) is 9.69 Å². The molecule has 0 spiro atoms. The summed E-state index contributed by atoms with van der Waals surface area (Å²) in [6, 6.07) is 7.57. The van der Waals surface area contributed by atoms with Crippen LogP contribution in [0.5, 0.6) is 5.75 Å². The third-order valence-corrected chi connectivity index (χ3v) is 5.51. The van der Waals surface area contributed by atoms with Gasteiger partial charge in [-0.25, -0.2) is 0 Å². The highest BCUT2D eigenvalue weighted by Crippen LogP contribution is 2.19. The van der Waals surface area contributed by atoms with E-state index < -0.39 is 0 Å². The van der Waals surface area contributed by atoms with Crippen molar-refractivity contribution in [2.45, 2.75) is 19.9 Å². The maximum atomic E-state index is 12.6. The third-order valence-electron chi connectivity index (χ3n) is 5.11. The van der Waals surface area contributed by atoms with Crippen molar-refractivity contribution in [3.63, 3.8) is 0 Å². The number of ether oxygens (including phenoxy) is 2. The van der Waals surface area contributed by atoms with Crippen LogP contribution in [0, 0.1) is 0 Å². The molecule has 2 heterocycles. The summed E-state index contributed by atoms with van der Waals surface area (Å²) in [5, 5.41) is 4.85. The van der Waals surface area contributed by atoms with Crippen LogP contribution in [0.15, 0.2) is 29.1 Å². The molecule has 1 aliphatic rings. The van der Waals surface area contributed by atoms with Crippen LogP contribution in [0.2, 0.25) is 0 Å². The van der Waals surface area contributed by atoms with E-state index in [0.29, 0.717) is 17.2 Å². The van der Waals surface area contributed by atoms with Gasteiger partial charge in [0, 0.05) is 49.2 Å². The summed E-state index contributed by atoms with van der Waals surface area (Å²) < 4.78 is 10.7. The molecule has 0 aliphatic carbocycles. The number of pyridine rings is 1. The Hall–Kier alpha value is -2.16. The van der Waals surface area contributed by atoms with E-state index in [4.69, 9.17) is 21.7 Å². The molecule has 3 rings (SSSR count). The van der Waals surface area contributed by atoms with Crippen LogP contribution in [0.1, 0.15) is 18.9 Å². The number of aromatic amines is 1. The minimum absolute atomic E-state index is 0.0832. The van der Waals surface area contributed by atoms with E-state index in [1.807, 2.05) is 31.2 Å². The molecule has 0 saturated carbocycles. The molecule has 29 heavy (non-hydrogen) atoms. The molecule has 0 bridgehead atoms. The Bertz CT molecular complexity index is 880. The van der Waals surface area contributed by atoms with Gasteiger partial charge in [0.15, 0.2) is 5.11 Å². The fourth-order valence-electron chi connectivity index (χ4n) is 3.51. The van der Waals surface area contributed by atoms with E-state index in [-0.39, 0.29) is 5.56 Å². The third kappa shape index (κ3) is 5.91. The fraction of sp³-hybridized carbons (Fsp3) is 0.524. The Morgan fingerprint density at radius 3 is 2.86 bits per heavy atom. The Labute approximate surface area is 177 Å². The molecule has 8 heteroatoms. The largest absolute Gasteiger partial charge is 0.497 e. The van der Waals surface area contributed by atoms with Crippen LogP contribution in [0.3, 0.4) is 0 Å². The van der Waals surface area contributed by atoms with Crippen molar-refractivity contribution in [2.75, 3.05) is 53.0 Å². The highest BCUT2D eigenvalue weighted by atomic mass is 32.1. The van der Waals surface area contributed by atoms with E-state index >= 15 is 0 Å². The van der Waals surface area contributed by atoms with Crippen molar-refractivity contribution in [1.82, 2.24) is 20.1 Å². The molecule has 7 nitrogen and oxygen atoms in total. The summed E-state index contributed by atoms with van der Waals surface area (Å²) >= 11 is 5.57. The number of morpholine rings is 1. The molecule has 1 aliphatic heterocycles. The van der Waals surface area contributed by atoms with Gasteiger partial charge in [0.25, 0.3) is 5.56 Å². The summed E-state index contributed by atoms with van der Waals surface area (Å²) in [7, 11) is 1.64. The van der Waals surface area contributed by atoms with Gasteiger partial charge in [-0.2, -0.15) is 0 Å². The quantitative estimate of drug-likeness (QED) is 0.635. The molecule has 158 valence electrons. The van der Waals surface area contributed by atoms with Crippen molar-refractivity contribution < 1.29 is 9.47 Å². The van der Waals surface area contributed by atoms with Gasteiger partial charge in [0.1, 0.15) is 5.75 Å². The minimum atomic E-state index is -0.0832. The number of benzene rings is 1. The average Bonchev–Trinajstić information content (AvgIpc) is 2.74. The molecule has 2 N–H and O–H groups in total. The molecule has 0 radical (unpaired) electrons. The maximum Gasteiger partial charge on any atom is 0.253 e. The van der Waals surface area contributed by atoms with E-state index in [1.165, 1.54) is 0 Å². The molecular weight excluding hydrogens is 388 g/mol. The summed E-state index contributed by atoms with van der Waals surface area (Å²) in [6.45, 7) is 8.59. The fourth-order valence-corrected chi connectivity index (χ4v) is 3.81. The summed E-state index contributed by atoms with van der Waals surface area (Å²) in [5.41, 5.74) is 1.41. The SMILES string of the molecule is CCNC(=S)N(CCCN1CCOCC1)Cc1cc2cc(OC)ccc2[nH]c1=O. The number of fused-ring (bicyclic) bond motifs is 1. The minimum Gasteiger partial charge on any atom is -0.497 e. The zero-order chi connectivity index (χ0) is 20.6. The molecule has 0 unspecified atom stereocenters. The number of methoxy groups -OCH3 is 1. The second kappa shape index (κ2) is 10.6. The van der Waals surface area contributed by atoms with Gasteiger partial charge in [-0.15, -0.1) is 0 Å². The predicted molar refractivity (Wildman–Crippen MR) is 120 cm³/mol. The summed E-state index contributed by atoms with van der Waals surface area (Å²) in [6.07, 6.45) is 0.977. The van der Waals surface area contributed by atoms with Crippen LogP contribution < -0.4 is 15.6 Å². The summed E-state index contributed by atoms with van der Waals surface area (Å²) in [5.74, 6) is 0.765. The van der Waals surface area contributed by atoms with Gasteiger partial charge < -0.3 is 24.7 Å². The van der Waals surface area contributed by atoms with Crippen LogP contribution >= 0.6 is 12.2 Å². The lowest BCUT2D eigenvalue weighted by Gasteiger charge is -2.29. The van der Waals surface area contributed by atoms with E-state index in [0.717, 1.165) is 69.0 Å². The average molecular weight is 419 g/mol. The number of nitrogens with zero attached hydrogens (tertiary/aromatic N) is 2. The number of thiocarbonyl (C=S) groups is 1. The molecule has 1 aromatic carbocycles. The topological polar surface area (TPSA) is 69.8 Å². The molecule has 1 saturated heterocycles. The van der Waals surface area contributed by atoms with Gasteiger partial charge in [0.2, 0.25) is 0 Å². The lowest BCUT2D eigenvalue weighted by atomic mass is 10.1. The monoisotopic (exact) mass is 418 g/mol. The smallest absolute Gasteiger partial charge is 0.253 e. The first-order chi connectivity index (χ1) is 14.1. The number of hydrogen-bond acceptors (Lipinski definition) is 5. The Morgan fingerprint density at radius 2 is 2.14 bits per heavy atom. The summed E-state index contributed by atoms with van der Waals surface area (Å²) in [4.78, 5) is 20.1. The van der Waals surface area contributed by atoms with Gasteiger partial charge >= 0.3 is 0 Å². The number of H-pyrrole nitrogens is 1. The van der Waals surface area contributed by atoms with Crippen molar-refractivity contribution in [1.29, 1.82) is 0 Å². The van der Waals surface area contributed by atoms with Crippen LogP contribution in [-0.4, -0.2) is 72.9 Å². The number of hydrogen-bond donors (Lipinski definition) is 2. The highest BCUT2D eigenvalue weighted by Gasteiger charge is 2.15. The van der Waals surface area contributed by atoms with Gasteiger partial charge in [-0.1, -0.05) is 0 Å². The van der Waals surface area contributed by atoms with Crippen molar-refractivity contribution >= 4 is 28.2 Å². The van der Waals surface area contributed by atoms with Crippen LogP contribution in [0.4, 0.5) is 0 Å². The molecule has 0 atom stereocenters. The first-order valence-electron chi connectivity index (χ1n) is 10.1. The Balaban J connectivity index is 1.72. The molecule has 1 fully saturated rings. The van der Waals surface area contributed by atoms with Gasteiger partial charge in [0.05, 0.1) is 26.9 Å². The van der Waals surface area contributed by atoms with Crippen LogP contribution in [0.25, 0.3) is 10.9 Å². The van der Waals surface area contributed by atoms with Crippen molar-refractivity contribution in [3.8, 4) is 5.75 Å². The molecule has 0 amide bonds. The molecule has 2 aromatic rings.